The van der Waals surface area contributed by atoms with Gasteiger partial charge in [-0.1, -0.05) is 20.8 Å². The Morgan fingerprint density at radius 1 is 1.09 bits per heavy atom. The van der Waals surface area contributed by atoms with E-state index in [4.69, 9.17) is 10.5 Å². The van der Waals surface area contributed by atoms with Crippen LogP contribution in [0, 0.1) is 52.3 Å². The van der Waals surface area contributed by atoms with E-state index in [9.17, 15) is 9.90 Å². The number of esters is 1. The van der Waals surface area contributed by atoms with Gasteiger partial charge in [-0.15, -0.1) is 0 Å². The minimum Gasteiger partial charge on any atom is -0.465 e. The van der Waals surface area contributed by atoms with Gasteiger partial charge in [0.2, 0.25) is 0 Å². The molecule has 0 aromatic rings. The van der Waals surface area contributed by atoms with E-state index in [0.717, 1.165) is 25.8 Å². The molecule has 33 heavy (non-hydrogen) atoms. The molecule has 11 atom stereocenters. The molecule has 5 fully saturated rings. The number of rotatable bonds is 6. The molecular formula is C28H48N2O3. The predicted molar refractivity (Wildman–Crippen MR) is 130 cm³/mol. The lowest BCUT2D eigenvalue weighted by atomic mass is 9.43. The van der Waals surface area contributed by atoms with Crippen molar-refractivity contribution in [3.63, 3.8) is 0 Å². The van der Waals surface area contributed by atoms with Gasteiger partial charge in [-0.3, -0.25) is 4.79 Å². The number of aliphatic hydroxyl groups excluding tert-OH is 1. The third-order valence-corrected chi connectivity index (χ3v) is 11.7. The van der Waals surface area contributed by atoms with Crippen molar-refractivity contribution in [2.75, 3.05) is 19.7 Å². The highest BCUT2D eigenvalue weighted by Gasteiger charge is 2.63. The Bertz CT molecular complexity index is 730. The van der Waals surface area contributed by atoms with E-state index in [2.05, 4.69) is 26.1 Å². The zero-order chi connectivity index (χ0) is 23.4. The molecule has 5 nitrogen and oxygen atoms in total. The molecule has 0 aromatic heterocycles. The monoisotopic (exact) mass is 460 g/mol. The van der Waals surface area contributed by atoms with Crippen LogP contribution in [-0.4, -0.2) is 42.9 Å². The van der Waals surface area contributed by atoms with Crippen molar-refractivity contribution in [1.82, 2.24) is 5.32 Å². The number of aliphatic hydroxyl groups is 1. The van der Waals surface area contributed by atoms with E-state index in [-0.39, 0.29) is 18.0 Å². The van der Waals surface area contributed by atoms with Crippen LogP contribution < -0.4 is 11.1 Å². The molecular weight excluding hydrogens is 412 g/mol. The molecule has 0 aromatic carbocycles. The Morgan fingerprint density at radius 2 is 1.85 bits per heavy atom. The highest BCUT2D eigenvalue weighted by Crippen LogP contribution is 2.68. The highest BCUT2D eigenvalue weighted by atomic mass is 16.5. The summed E-state index contributed by atoms with van der Waals surface area (Å²) in [4.78, 5) is 12.1. The topological polar surface area (TPSA) is 84.6 Å². The second-order valence-electron chi connectivity index (χ2n) is 13.1. The third-order valence-electron chi connectivity index (χ3n) is 11.7. The van der Waals surface area contributed by atoms with Crippen LogP contribution in [0.5, 0.6) is 0 Å². The van der Waals surface area contributed by atoms with Gasteiger partial charge in [0.05, 0.1) is 18.6 Å². The zero-order valence-electron chi connectivity index (χ0n) is 21.2. The molecule has 1 aliphatic heterocycles. The van der Waals surface area contributed by atoms with Crippen LogP contribution in [-0.2, 0) is 9.53 Å². The summed E-state index contributed by atoms with van der Waals surface area (Å²) in [7, 11) is 0. The lowest BCUT2D eigenvalue weighted by Gasteiger charge is -2.62. The van der Waals surface area contributed by atoms with Crippen molar-refractivity contribution in [1.29, 1.82) is 0 Å². The van der Waals surface area contributed by atoms with Gasteiger partial charge in [-0.2, -0.15) is 0 Å². The Hall–Kier alpha value is -0.650. The number of hydrogen-bond acceptors (Lipinski definition) is 5. The van der Waals surface area contributed by atoms with Crippen LogP contribution in [0.1, 0.15) is 85.0 Å². The molecule has 0 amide bonds. The first-order valence-corrected chi connectivity index (χ1v) is 14.1. The van der Waals surface area contributed by atoms with Crippen LogP contribution in [0.2, 0.25) is 0 Å². The van der Waals surface area contributed by atoms with Gasteiger partial charge in [0.25, 0.3) is 0 Å². The summed E-state index contributed by atoms with van der Waals surface area (Å²) in [6.45, 7) is 9.72. The van der Waals surface area contributed by atoms with Crippen molar-refractivity contribution >= 4 is 5.97 Å². The van der Waals surface area contributed by atoms with Crippen molar-refractivity contribution in [2.24, 2.45) is 58.0 Å². The SMILES string of the molecule is C[C@H](CC1CCOC1=O)C1CCC2C3C(CC[C@@]21C)[C@@]1(C)CC[C@H](NCCN)CC1C[C@H]3O. The van der Waals surface area contributed by atoms with Crippen LogP contribution in [0.3, 0.4) is 0 Å². The van der Waals surface area contributed by atoms with Gasteiger partial charge in [-0.25, -0.2) is 0 Å². The fourth-order valence-corrected chi connectivity index (χ4v) is 10.0. The van der Waals surface area contributed by atoms with E-state index in [1.54, 1.807) is 0 Å². The molecule has 0 radical (unpaired) electrons. The zero-order valence-corrected chi connectivity index (χ0v) is 21.2. The van der Waals surface area contributed by atoms with Gasteiger partial charge in [-0.05, 0) is 111 Å². The molecule has 4 aliphatic carbocycles. The number of ether oxygens (including phenoxy) is 1. The first kappa shape index (κ1) is 24.1. The average Bonchev–Trinajstić information content (AvgIpc) is 3.35. The summed E-state index contributed by atoms with van der Waals surface area (Å²) >= 11 is 0. The van der Waals surface area contributed by atoms with Gasteiger partial charge >= 0.3 is 5.97 Å². The Labute approximate surface area is 201 Å². The smallest absolute Gasteiger partial charge is 0.309 e. The summed E-state index contributed by atoms with van der Waals surface area (Å²) in [5.41, 5.74) is 6.43. The second-order valence-corrected chi connectivity index (χ2v) is 13.1. The molecule has 4 N–H and O–H groups in total. The Balaban J connectivity index is 1.31. The summed E-state index contributed by atoms with van der Waals surface area (Å²) in [6, 6.07) is 0.572. The van der Waals surface area contributed by atoms with Crippen LogP contribution in [0.15, 0.2) is 0 Å². The maximum Gasteiger partial charge on any atom is 0.309 e. The quantitative estimate of drug-likeness (QED) is 0.519. The summed E-state index contributed by atoms with van der Waals surface area (Å²) in [6.07, 6.45) is 11.6. The first-order valence-electron chi connectivity index (χ1n) is 14.1. The lowest BCUT2D eigenvalue weighted by molar-refractivity contribution is -0.167. The number of hydrogen-bond donors (Lipinski definition) is 3. The van der Waals surface area contributed by atoms with Crippen LogP contribution in [0.25, 0.3) is 0 Å². The lowest BCUT2D eigenvalue weighted by Crippen LogP contribution is -2.59. The van der Waals surface area contributed by atoms with Crippen molar-refractivity contribution < 1.29 is 14.6 Å². The number of nitrogens with two attached hydrogens (primary N) is 1. The fourth-order valence-electron chi connectivity index (χ4n) is 10.0. The maximum atomic E-state index is 12.1. The number of fused-ring (bicyclic) bond motifs is 5. The highest BCUT2D eigenvalue weighted by molar-refractivity contribution is 5.74. The van der Waals surface area contributed by atoms with Crippen molar-refractivity contribution in [2.45, 2.75) is 97.1 Å². The molecule has 5 heteroatoms. The van der Waals surface area contributed by atoms with Crippen LogP contribution >= 0.6 is 0 Å². The van der Waals surface area contributed by atoms with E-state index in [0.29, 0.717) is 65.5 Å². The molecule has 1 heterocycles. The van der Waals surface area contributed by atoms with E-state index in [1.165, 1.54) is 44.9 Å². The van der Waals surface area contributed by atoms with Gasteiger partial charge < -0.3 is 20.9 Å². The molecule has 188 valence electrons. The maximum absolute atomic E-state index is 12.1. The molecule has 5 aliphatic rings. The Kier molecular flexibility index (Phi) is 6.63. The Morgan fingerprint density at radius 3 is 2.58 bits per heavy atom. The van der Waals surface area contributed by atoms with Crippen molar-refractivity contribution in [3.05, 3.63) is 0 Å². The third kappa shape index (κ3) is 3.98. The molecule has 0 bridgehead atoms. The normalized spacial score (nSPS) is 50.3. The largest absolute Gasteiger partial charge is 0.465 e. The summed E-state index contributed by atoms with van der Waals surface area (Å²) in [5.74, 6) is 3.77. The van der Waals surface area contributed by atoms with Gasteiger partial charge in [0.1, 0.15) is 0 Å². The van der Waals surface area contributed by atoms with E-state index >= 15 is 0 Å². The molecule has 1 saturated heterocycles. The summed E-state index contributed by atoms with van der Waals surface area (Å²) < 4.78 is 5.25. The van der Waals surface area contributed by atoms with E-state index < -0.39 is 0 Å². The number of cyclic esters (lactones) is 1. The number of carbonyl (C=O) groups excluding carboxylic acids is 1. The first-order chi connectivity index (χ1) is 15.8. The second kappa shape index (κ2) is 9.09. The minimum absolute atomic E-state index is 0.0310. The van der Waals surface area contributed by atoms with E-state index in [1.807, 2.05) is 0 Å². The van der Waals surface area contributed by atoms with Crippen molar-refractivity contribution in [3.8, 4) is 0 Å². The van der Waals surface area contributed by atoms with Crippen LogP contribution in [0.4, 0.5) is 0 Å². The molecule has 6 unspecified atom stereocenters. The number of nitrogens with one attached hydrogen (secondary N) is 1. The number of carbonyl (C=O) groups is 1. The average molecular weight is 461 g/mol. The summed E-state index contributed by atoms with van der Waals surface area (Å²) in [5, 5.41) is 15.2. The van der Waals surface area contributed by atoms with Gasteiger partial charge in [0.15, 0.2) is 0 Å². The minimum atomic E-state index is -0.148. The standard InChI is InChI=1S/C28H48N2O3/c1-17(14-18-8-13-33-26(18)32)21-4-5-22-25-23(7-10-28(21,22)3)27(2)9-6-20(30-12-11-29)15-19(27)16-24(25)31/h17-25,30-31H,4-16,29H2,1-3H3/t17-,18?,19?,20+,21?,22?,23?,24-,25?,27+,28-/m1/s1. The molecule has 5 rings (SSSR count). The molecule has 0 spiro atoms. The fraction of sp³-hybridized carbons (Fsp3) is 0.964. The van der Waals surface area contributed by atoms with Gasteiger partial charge in [0, 0.05) is 19.1 Å². The molecule has 4 saturated carbocycles. The predicted octanol–water partition coefficient (Wildman–Crippen LogP) is 4.12.